The van der Waals surface area contributed by atoms with E-state index in [9.17, 15) is 4.79 Å². The molecular weight excluding hydrogens is 220 g/mol. The summed E-state index contributed by atoms with van der Waals surface area (Å²) < 4.78 is 0. The van der Waals surface area contributed by atoms with E-state index in [4.69, 9.17) is 11.6 Å². The van der Waals surface area contributed by atoms with Crippen molar-refractivity contribution in [2.45, 2.75) is 31.6 Å². The van der Waals surface area contributed by atoms with Gasteiger partial charge in [0.05, 0.1) is 0 Å². The van der Waals surface area contributed by atoms with Crippen LogP contribution in [0.25, 0.3) is 0 Å². The van der Waals surface area contributed by atoms with Gasteiger partial charge in [0.2, 0.25) is 0 Å². The van der Waals surface area contributed by atoms with Crippen LogP contribution in [0.3, 0.4) is 0 Å². The molecule has 0 spiro atoms. The molecule has 0 saturated heterocycles. The van der Waals surface area contributed by atoms with E-state index in [0.29, 0.717) is 0 Å². The van der Waals surface area contributed by atoms with Crippen LogP contribution >= 0.6 is 11.6 Å². The molecule has 0 N–H and O–H groups in total. The minimum Gasteiger partial charge on any atom is -0.293 e. The van der Waals surface area contributed by atoms with Gasteiger partial charge in [-0.25, -0.2) is 0 Å². The number of hydrogen-bond donors (Lipinski definition) is 0. The van der Waals surface area contributed by atoms with Crippen LogP contribution in [0.2, 0.25) is 0 Å². The molecule has 0 aliphatic heterocycles. The number of aryl methyl sites for hydroxylation is 1. The fourth-order valence-electron chi connectivity index (χ4n) is 2.10. The van der Waals surface area contributed by atoms with Gasteiger partial charge in [0.15, 0.2) is 5.78 Å². The van der Waals surface area contributed by atoms with E-state index in [1.165, 1.54) is 11.1 Å². The first-order chi connectivity index (χ1) is 7.68. The first kappa shape index (κ1) is 11.4. The van der Waals surface area contributed by atoms with E-state index >= 15 is 0 Å². The minimum absolute atomic E-state index is 0.115. The maximum atomic E-state index is 11.5. The molecule has 1 nitrogen and oxygen atoms in total. The zero-order valence-corrected chi connectivity index (χ0v) is 10.1. The van der Waals surface area contributed by atoms with Crippen LogP contribution in [0.15, 0.2) is 41.5 Å². The van der Waals surface area contributed by atoms with Crippen LogP contribution in [-0.2, 0) is 11.2 Å². The Morgan fingerprint density at radius 1 is 1.25 bits per heavy atom. The lowest BCUT2D eigenvalue weighted by Gasteiger charge is -2.03. The molecule has 0 fully saturated rings. The van der Waals surface area contributed by atoms with Crippen molar-refractivity contribution in [3.8, 4) is 0 Å². The number of allylic oxidation sites excluding steroid dienone is 2. The van der Waals surface area contributed by atoms with Crippen LogP contribution in [0.1, 0.15) is 25.3 Å². The van der Waals surface area contributed by atoms with Gasteiger partial charge in [0.1, 0.15) is 5.38 Å². The number of halogens is 1. The zero-order valence-electron chi connectivity index (χ0n) is 9.37. The summed E-state index contributed by atoms with van der Waals surface area (Å²) in [5.74, 6) is 0.115. The predicted molar refractivity (Wildman–Crippen MR) is 66.7 cm³/mol. The van der Waals surface area contributed by atoms with E-state index in [1.54, 1.807) is 0 Å². The largest absolute Gasteiger partial charge is 0.293 e. The van der Waals surface area contributed by atoms with E-state index in [2.05, 4.69) is 12.1 Å². The Morgan fingerprint density at radius 2 is 1.94 bits per heavy atom. The lowest BCUT2D eigenvalue weighted by Crippen LogP contribution is -2.06. The van der Waals surface area contributed by atoms with Crippen molar-refractivity contribution in [2.24, 2.45) is 0 Å². The van der Waals surface area contributed by atoms with Gasteiger partial charge in [0, 0.05) is 0 Å². The van der Waals surface area contributed by atoms with E-state index in [1.807, 2.05) is 25.1 Å². The summed E-state index contributed by atoms with van der Waals surface area (Å²) in [5.41, 5.74) is 3.43. The molecule has 1 aliphatic carbocycles. The highest BCUT2D eigenvalue weighted by molar-refractivity contribution is 6.35. The van der Waals surface area contributed by atoms with Gasteiger partial charge in [-0.1, -0.05) is 35.9 Å². The molecule has 1 unspecified atom stereocenters. The number of carbonyl (C=O) groups is 1. The molecule has 1 aromatic rings. The normalized spacial score (nSPS) is 20.6. The highest BCUT2D eigenvalue weighted by Gasteiger charge is 2.27. The predicted octanol–water partition coefficient (Wildman–Crippen LogP) is 3.52. The third-order valence-electron chi connectivity index (χ3n) is 3.17. The van der Waals surface area contributed by atoms with E-state index in [-0.39, 0.29) is 11.2 Å². The molecule has 0 aromatic heterocycles. The number of rotatable bonds is 3. The van der Waals surface area contributed by atoms with Crippen LogP contribution in [-0.4, -0.2) is 11.2 Å². The summed E-state index contributed by atoms with van der Waals surface area (Å²) in [6, 6.07) is 10.3. The second-order valence-corrected chi connectivity index (χ2v) is 4.78. The van der Waals surface area contributed by atoms with Crippen molar-refractivity contribution in [1.82, 2.24) is 0 Å². The molecule has 0 radical (unpaired) electrons. The van der Waals surface area contributed by atoms with Crippen LogP contribution in [0.5, 0.6) is 0 Å². The molecule has 0 heterocycles. The van der Waals surface area contributed by atoms with E-state index in [0.717, 1.165) is 24.8 Å². The van der Waals surface area contributed by atoms with Crippen molar-refractivity contribution in [3.63, 3.8) is 0 Å². The third kappa shape index (κ3) is 2.35. The number of Topliss-reactive ketones (excluding diaryl/α,β-unsaturated/α-hetero) is 1. The summed E-state index contributed by atoms with van der Waals surface area (Å²) in [6.45, 7) is 1.89. The van der Waals surface area contributed by atoms with Crippen molar-refractivity contribution in [3.05, 3.63) is 47.0 Å². The van der Waals surface area contributed by atoms with E-state index < -0.39 is 0 Å². The standard InChI is InChI=1S/C14H15ClO/c1-10-12(9-13(15)14(10)16)8-7-11-5-3-2-4-6-11/h2-6,13H,7-9H2,1H3. The molecule has 84 valence electrons. The fourth-order valence-corrected chi connectivity index (χ4v) is 2.45. The van der Waals surface area contributed by atoms with Gasteiger partial charge in [-0.3, -0.25) is 4.79 Å². The van der Waals surface area contributed by atoms with Gasteiger partial charge >= 0.3 is 0 Å². The second kappa shape index (κ2) is 4.84. The van der Waals surface area contributed by atoms with Gasteiger partial charge in [-0.05, 0) is 37.3 Å². The van der Waals surface area contributed by atoms with Crippen molar-refractivity contribution in [2.75, 3.05) is 0 Å². The summed E-state index contributed by atoms with van der Waals surface area (Å²) >= 11 is 5.94. The Bertz CT molecular complexity index is 420. The topological polar surface area (TPSA) is 17.1 Å². The SMILES string of the molecule is CC1=C(CCc2ccccc2)CC(Cl)C1=O. The zero-order chi connectivity index (χ0) is 11.5. The Kier molecular flexibility index (Phi) is 3.45. The average Bonchev–Trinajstić information content (AvgIpc) is 2.56. The highest BCUT2D eigenvalue weighted by atomic mass is 35.5. The summed E-state index contributed by atoms with van der Waals surface area (Å²) in [5, 5.41) is -0.314. The maximum absolute atomic E-state index is 11.5. The molecule has 0 saturated carbocycles. The molecule has 0 bridgehead atoms. The minimum atomic E-state index is -0.314. The molecule has 2 heteroatoms. The summed E-state index contributed by atoms with van der Waals surface area (Å²) in [4.78, 5) is 11.5. The van der Waals surface area contributed by atoms with Gasteiger partial charge in [0.25, 0.3) is 0 Å². The lowest BCUT2D eigenvalue weighted by atomic mass is 10.0. The number of ketones is 1. The Morgan fingerprint density at radius 3 is 2.50 bits per heavy atom. The molecule has 1 aromatic carbocycles. The van der Waals surface area contributed by atoms with Gasteiger partial charge in [-0.2, -0.15) is 0 Å². The lowest BCUT2D eigenvalue weighted by molar-refractivity contribution is -0.114. The number of alkyl halides is 1. The van der Waals surface area contributed by atoms with Crippen molar-refractivity contribution >= 4 is 17.4 Å². The monoisotopic (exact) mass is 234 g/mol. The first-order valence-corrected chi connectivity index (χ1v) is 6.03. The second-order valence-electron chi connectivity index (χ2n) is 4.25. The van der Waals surface area contributed by atoms with Crippen LogP contribution < -0.4 is 0 Å². The van der Waals surface area contributed by atoms with Gasteiger partial charge in [-0.15, -0.1) is 11.6 Å². The Hall–Kier alpha value is -1.08. The quantitative estimate of drug-likeness (QED) is 0.732. The molecule has 1 aliphatic rings. The molecule has 1 atom stereocenters. The summed E-state index contributed by atoms with van der Waals surface area (Å²) in [6.07, 6.45) is 2.67. The number of benzene rings is 1. The van der Waals surface area contributed by atoms with Gasteiger partial charge < -0.3 is 0 Å². The molecule has 2 rings (SSSR count). The first-order valence-electron chi connectivity index (χ1n) is 5.59. The Balaban J connectivity index is 2.00. The van der Waals surface area contributed by atoms with Crippen LogP contribution in [0.4, 0.5) is 0 Å². The van der Waals surface area contributed by atoms with Crippen LogP contribution in [0, 0.1) is 0 Å². The number of carbonyl (C=O) groups excluding carboxylic acids is 1. The fraction of sp³-hybridized carbons (Fsp3) is 0.357. The highest BCUT2D eigenvalue weighted by Crippen LogP contribution is 2.29. The number of hydrogen-bond acceptors (Lipinski definition) is 1. The van der Waals surface area contributed by atoms with Crippen molar-refractivity contribution < 1.29 is 4.79 Å². The molecular formula is C14H15ClO. The Labute approximate surface area is 101 Å². The molecule has 16 heavy (non-hydrogen) atoms. The average molecular weight is 235 g/mol. The summed E-state index contributed by atoms with van der Waals surface area (Å²) in [7, 11) is 0. The maximum Gasteiger partial charge on any atom is 0.176 e. The molecule has 0 amide bonds. The smallest absolute Gasteiger partial charge is 0.176 e. The van der Waals surface area contributed by atoms with Crippen molar-refractivity contribution in [1.29, 1.82) is 0 Å². The third-order valence-corrected chi connectivity index (χ3v) is 3.52.